The highest BCUT2D eigenvalue weighted by Crippen LogP contribution is 2.21. The Bertz CT molecular complexity index is 549. The first-order chi connectivity index (χ1) is 8.74. The molecule has 1 atom stereocenters. The highest BCUT2D eigenvalue weighted by molar-refractivity contribution is 9.10. The van der Waals surface area contributed by atoms with Gasteiger partial charge in [0.2, 0.25) is 0 Å². The van der Waals surface area contributed by atoms with Crippen molar-refractivity contribution in [2.24, 2.45) is 5.92 Å². The van der Waals surface area contributed by atoms with Gasteiger partial charge in [-0.2, -0.15) is 0 Å². The van der Waals surface area contributed by atoms with Crippen LogP contribution in [-0.2, 0) is 6.42 Å². The lowest BCUT2D eigenvalue weighted by atomic mass is 10.0. The highest BCUT2D eigenvalue weighted by Gasteiger charge is 2.22. The van der Waals surface area contributed by atoms with Crippen molar-refractivity contribution in [3.05, 3.63) is 34.7 Å². The van der Waals surface area contributed by atoms with Gasteiger partial charge in [-0.1, -0.05) is 22.9 Å². The normalized spacial score (nSPS) is 20.9. The number of likely N-dealkylation sites (tertiary alicyclic amines) is 1. The van der Waals surface area contributed by atoms with Crippen LogP contribution in [0.2, 0.25) is 0 Å². The van der Waals surface area contributed by atoms with Crippen molar-refractivity contribution in [2.75, 3.05) is 19.6 Å². The third-order valence-electron chi connectivity index (χ3n) is 3.79. The molecule has 0 aromatic carbocycles. The molecule has 3 heterocycles. The van der Waals surface area contributed by atoms with Gasteiger partial charge in [-0.3, -0.25) is 0 Å². The number of imidazole rings is 1. The van der Waals surface area contributed by atoms with E-state index in [4.69, 9.17) is 4.98 Å². The van der Waals surface area contributed by atoms with Crippen LogP contribution in [0, 0.1) is 5.92 Å². The Labute approximate surface area is 116 Å². The first-order valence-corrected chi connectivity index (χ1v) is 7.39. The van der Waals surface area contributed by atoms with Crippen LogP contribution in [-0.4, -0.2) is 33.9 Å². The summed E-state index contributed by atoms with van der Waals surface area (Å²) in [7, 11) is 0. The summed E-state index contributed by atoms with van der Waals surface area (Å²) in [5, 5.41) is 0. The van der Waals surface area contributed by atoms with Gasteiger partial charge in [-0.05, 0) is 44.0 Å². The molecule has 96 valence electrons. The molecule has 0 saturated carbocycles. The number of hydrogen-bond donors (Lipinski definition) is 0. The van der Waals surface area contributed by atoms with E-state index in [1.807, 2.05) is 6.07 Å². The molecule has 1 aliphatic rings. The smallest absolute Gasteiger partial charge is 0.138 e. The highest BCUT2D eigenvalue weighted by atomic mass is 79.9. The molecule has 3 rings (SSSR count). The topological polar surface area (TPSA) is 20.5 Å². The number of fused-ring (bicyclic) bond motifs is 1. The Hall–Kier alpha value is -0.870. The van der Waals surface area contributed by atoms with E-state index in [2.05, 4.69) is 50.6 Å². The molecule has 0 bridgehead atoms. The van der Waals surface area contributed by atoms with Gasteiger partial charge in [-0.25, -0.2) is 4.98 Å². The van der Waals surface area contributed by atoms with Crippen LogP contribution in [0.5, 0.6) is 0 Å². The Morgan fingerprint density at radius 1 is 1.50 bits per heavy atom. The number of pyridine rings is 1. The van der Waals surface area contributed by atoms with Crippen LogP contribution in [0.3, 0.4) is 0 Å². The van der Waals surface area contributed by atoms with Gasteiger partial charge < -0.3 is 9.30 Å². The molecule has 0 spiro atoms. The van der Waals surface area contributed by atoms with Crippen LogP contribution >= 0.6 is 15.9 Å². The summed E-state index contributed by atoms with van der Waals surface area (Å²) >= 11 is 3.49. The zero-order valence-corrected chi connectivity index (χ0v) is 12.2. The lowest BCUT2D eigenvalue weighted by molar-refractivity contribution is 0.341. The molecule has 4 heteroatoms. The minimum atomic E-state index is 0.776. The fraction of sp³-hybridized carbons (Fsp3) is 0.500. The second-order valence-corrected chi connectivity index (χ2v) is 6.01. The molecule has 3 nitrogen and oxygen atoms in total. The van der Waals surface area contributed by atoms with E-state index in [-0.39, 0.29) is 0 Å². The Morgan fingerprint density at radius 2 is 2.39 bits per heavy atom. The number of nitrogens with zero attached hydrogens (tertiary/aromatic N) is 3. The van der Waals surface area contributed by atoms with E-state index < -0.39 is 0 Å². The van der Waals surface area contributed by atoms with Crippen LogP contribution in [0.1, 0.15) is 19.0 Å². The van der Waals surface area contributed by atoms with Crippen LogP contribution < -0.4 is 0 Å². The Morgan fingerprint density at radius 3 is 3.17 bits per heavy atom. The van der Waals surface area contributed by atoms with Crippen LogP contribution in [0.25, 0.3) is 5.65 Å². The number of halogens is 1. The maximum Gasteiger partial charge on any atom is 0.138 e. The maximum atomic E-state index is 4.70. The van der Waals surface area contributed by atoms with Gasteiger partial charge in [0, 0.05) is 23.4 Å². The number of rotatable bonds is 3. The van der Waals surface area contributed by atoms with Crippen molar-refractivity contribution in [3.63, 3.8) is 0 Å². The first kappa shape index (κ1) is 12.2. The number of hydrogen-bond acceptors (Lipinski definition) is 2. The molecule has 1 fully saturated rings. The van der Waals surface area contributed by atoms with Crippen molar-refractivity contribution >= 4 is 21.6 Å². The Kier molecular flexibility index (Phi) is 3.39. The zero-order chi connectivity index (χ0) is 12.5. The van der Waals surface area contributed by atoms with E-state index in [0.717, 1.165) is 22.5 Å². The van der Waals surface area contributed by atoms with Gasteiger partial charge in [0.25, 0.3) is 0 Å². The van der Waals surface area contributed by atoms with E-state index in [0.29, 0.717) is 0 Å². The molecule has 0 N–H and O–H groups in total. The molecular formula is C14H18BrN3. The van der Waals surface area contributed by atoms with Gasteiger partial charge >= 0.3 is 0 Å². The second-order valence-electron chi connectivity index (χ2n) is 5.09. The molecule has 1 aliphatic heterocycles. The summed E-state index contributed by atoms with van der Waals surface area (Å²) in [6, 6.07) is 4.11. The first-order valence-electron chi connectivity index (χ1n) is 6.60. The maximum absolute atomic E-state index is 4.70. The third-order valence-corrected chi connectivity index (χ3v) is 4.28. The fourth-order valence-electron chi connectivity index (χ4n) is 2.77. The van der Waals surface area contributed by atoms with E-state index >= 15 is 0 Å². The van der Waals surface area contributed by atoms with Crippen LogP contribution in [0.15, 0.2) is 29.0 Å². The van der Waals surface area contributed by atoms with Crippen molar-refractivity contribution in [2.45, 2.75) is 19.8 Å². The van der Waals surface area contributed by atoms with Crippen molar-refractivity contribution < 1.29 is 0 Å². The quantitative estimate of drug-likeness (QED) is 0.869. The largest absolute Gasteiger partial charge is 0.307 e. The predicted molar refractivity (Wildman–Crippen MR) is 76.8 cm³/mol. The van der Waals surface area contributed by atoms with Gasteiger partial charge in [0.05, 0.1) is 5.69 Å². The minimum Gasteiger partial charge on any atom is -0.307 e. The molecule has 18 heavy (non-hydrogen) atoms. The standard InChI is InChI=1S/C14H18BrN3/c1-2-17-5-3-11(9-17)7-13-10-18-6-4-12(15)8-14(18)16-13/h4,6,8,10-11H,2-3,5,7,9H2,1H3. The molecular weight excluding hydrogens is 290 g/mol. The lowest BCUT2D eigenvalue weighted by Gasteiger charge is -2.11. The molecule has 2 aromatic heterocycles. The molecule has 0 amide bonds. The summed E-state index contributed by atoms with van der Waals surface area (Å²) in [6.45, 7) is 5.90. The van der Waals surface area contributed by atoms with Gasteiger partial charge in [0.15, 0.2) is 0 Å². The number of aromatic nitrogens is 2. The van der Waals surface area contributed by atoms with Crippen molar-refractivity contribution in [3.8, 4) is 0 Å². The summed E-state index contributed by atoms with van der Waals surface area (Å²) in [5.74, 6) is 0.776. The van der Waals surface area contributed by atoms with Crippen molar-refractivity contribution in [1.82, 2.24) is 14.3 Å². The summed E-state index contributed by atoms with van der Waals surface area (Å²) in [6.07, 6.45) is 6.64. The van der Waals surface area contributed by atoms with Gasteiger partial charge in [-0.15, -0.1) is 0 Å². The Balaban J connectivity index is 1.75. The summed E-state index contributed by atoms with van der Waals surface area (Å²) in [5.41, 5.74) is 2.25. The van der Waals surface area contributed by atoms with Crippen LogP contribution in [0.4, 0.5) is 0 Å². The van der Waals surface area contributed by atoms with Gasteiger partial charge in [0.1, 0.15) is 5.65 Å². The molecule has 2 aromatic rings. The molecule has 1 unspecified atom stereocenters. The monoisotopic (exact) mass is 307 g/mol. The summed E-state index contributed by atoms with van der Waals surface area (Å²) < 4.78 is 3.19. The predicted octanol–water partition coefficient (Wildman–Crippen LogP) is 2.98. The molecule has 0 aliphatic carbocycles. The van der Waals surface area contributed by atoms with E-state index in [1.54, 1.807) is 0 Å². The summed E-state index contributed by atoms with van der Waals surface area (Å²) in [4.78, 5) is 7.23. The zero-order valence-electron chi connectivity index (χ0n) is 10.6. The average Bonchev–Trinajstić information content (AvgIpc) is 2.95. The molecule has 0 radical (unpaired) electrons. The SMILES string of the molecule is CCN1CCC(Cc2cn3ccc(Br)cc3n2)C1. The third kappa shape index (κ3) is 2.45. The lowest BCUT2D eigenvalue weighted by Crippen LogP contribution is -2.20. The fourth-order valence-corrected chi connectivity index (χ4v) is 3.09. The minimum absolute atomic E-state index is 0.776. The average molecular weight is 308 g/mol. The molecule has 1 saturated heterocycles. The van der Waals surface area contributed by atoms with E-state index in [9.17, 15) is 0 Å². The van der Waals surface area contributed by atoms with Crippen molar-refractivity contribution in [1.29, 1.82) is 0 Å². The van der Waals surface area contributed by atoms with E-state index in [1.165, 1.54) is 31.7 Å². The second kappa shape index (κ2) is 5.02.